The highest BCUT2D eigenvalue weighted by Crippen LogP contribution is 2.53. The average molecular weight is 286 g/mol. The fourth-order valence-electron chi connectivity index (χ4n) is 3.01. The molecule has 0 saturated heterocycles. The van der Waals surface area contributed by atoms with E-state index in [0.29, 0.717) is 5.02 Å². The highest BCUT2D eigenvalue weighted by Gasteiger charge is 2.51. The van der Waals surface area contributed by atoms with Crippen LogP contribution in [0.3, 0.4) is 0 Å². The van der Waals surface area contributed by atoms with E-state index in [1.165, 1.54) is 0 Å². The maximum Gasteiger partial charge on any atom is 0.113 e. The van der Waals surface area contributed by atoms with E-state index >= 15 is 0 Å². The Kier molecular flexibility index (Phi) is 3.96. The Morgan fingerprint density at radius 3 is 2.63 bits per heavy atom. The SMILES string of the molecule is CN(C)CCn1ncc(Cl)c1C1(O)CCCC1(C)C. The Hall–Kier alpha value is -0.580. The third-order valence-corrected chi connectivity index (χ3v) is 4.68. The third kappa shape index (κ3) is 2.54. The molecule has 1 N–H and O–H groups in total. The zero-order valence-corrected chi connectivity index (χ0v) is 13.0. The van der Waals surface area contributed by atoms with E-state index in [9.17, 15) is 5.11 Å². The molecule has 1 fully saturated rings. The molecule has 2 rings (SSSR count). The molecule has 19 heavy (non-hydrogen) atoms. The van der Waals surface area contributed by atoms with Gasteiger partial charge in [0.15, 0.2) is 0 Å². The first-order valence-electron chi connectivity index (χ1n) is 6.87. The topological polar surface area (TPSA) is 41.3 Å². The number of aromatic nitrogens is 2. The molecule has 0 bridgehead atoms. The van der Waals surface area contributed by atoms with Gasteiger partial charge in [-0.25, -0.2) is 0 Å². The average Bonchev–Trinajstić information content (AvgIpc) is 2.78. The lowest BCUT2D eigenvalue weighted by atomic mass is 9.75. The second kappa shape index (κ2) is 5.08. The lowest BCUT2D eigenvalue weighted by Crippen LogP contribution is -2.40. The van der Waals surface area contributed by atoms with Gasteiger partial charge in [-0.1, -0.05) is 25.4 Å². The van der Waals surface area contributed by atoms with E-state index in [0.717, 1.165) is 38.0 Å². The number of aliphatic hydroxyl groups is 1. The van der Waals surface area contributed by atoms with Crippen molar-refractivity contribution >= 4 is 11.6 Å². The monoisotopic (exact) mass is 285 g/mol. The number of hydrogen-bond acceptors (Lipinski definition) is 3. The molecule has 1 aromatic heterocycles. The van der Waals surface area contributed by atoms with Gasteiger partial charge in [0.1, 0.15) is 5.60 Å². The summed E-state index contributed by atoms with van der Waals surface area (Å²) in [5.41, 5.74) is -0.238. The Morgan fingerprint density at radius 2 is 2.11 bits per heavy atom. The maximum absolute atomic E-state index is 11.1. The van der Waals surface area contributed by atoms with E-state index in [1.54, 1.807) is 6.20 Å². The van der Waals surface area contributed by atoms with Crippen LogP contribution in [0.5, 0.6) is 0 Å². The predicted molar refractivity (Wildman–Crippen MR) is 77.3 cm³/mol. The van der Waals surface area contributed by atoms with Gasteiger partial charge in [-0.2, -0.15) is 5.10 Å². The van der Waals surface area contributed by atoms with Crippen molar-refractivity contribution in [2.24, 2.45) is 5.41 Å². The fourth-order valence-corrected chi connectivity index (χ4v) is 3.31. The number of hydrogen-bond donors (Lipinski definition) is 1. The number of rotatable bonds is 4. The summed E-state index contributed by atoms with van der Waals surface area (Å²) in [6.07, 6.45) is 4.45. The zero-order chi connectivity index (χ0) is 14.3. The van der Waals surface area contributed by atoms with Gasteiger partial charge >= 0.3 is 0 Å². The summed E-state index contributed by atoms with van der Waals surface area (Å²) in [6, 6.07) is 0. The van der Waals surface area contributed by atoms with E-state index < -0.39 is 5.60 Å². The molecular weight excluding hydrogens is 262 g/mol. The molecule has 1 aromatic rings. The van der Waals surface area contributed by atoms with Crippen molar-refractivity contribution in [1.29, 1.82) is 0 Å². The van der Waals surface area contributed by atoms with Crippen molar-refractivity contribution < 1.29 is 5.11 Å². The van der Waals surface area contributed by atoms with Crippen molar-refractivity contribution in [2.45, 2.75) is 45.3 Å². The van der Waals surface area contributed by atoms with Gasteiger partial charge in [0.25, 0.3) is 0 Å². The van der Waals surface area contributed by atoms with Crippen LogP contribution in [0.4, 0.5) is 0 Å². The highest BCUT2D eigenvalue weighted by atomic mass is 35.5. The van der Waals surface area contributed by atoms with Crippen LogP contribution in [-0.2, 0) is 12.1 Å². The molecule has 1 aliphatic rings. The lowest BCUT2D eigenvalue weighted by molar-refractivity contribution is -0.0557. The molecular formula is C14H24ClN3O. The van der Waals surface area contributed by atoms with Gasteiger partial charge in [0.05, 0.1) is 23.5 Å². The van der Waals surface area contributed by atoms with Crippen molar-refractivity contribution in [2.75, 3.05) is 20.6 Å². The summed E-state index contributed by atoms with van der Waals surface area (Å²) in [6.45, 7) is 5.84. The second-order valence-electron chi connectivity index (χ2n) is 6.47. The molecule has 0 amide bonds. The predicted octanol–water partition coefficient (Wildman–Crippen LogP) is 2.50. The summed E-state index contributed by atoms with van der Waals surface area (Å²) < 4.78 is 1.87. The van der Waals surface area contributed by atoms with Crippen LogP contribution in [-0.4, -0.2) is 40.4 Å². The largest absolute Gasteiger partial charge is 0.383 e. The molecule has 0 radical (unpaired) electrons. The molecule has 1 heterocycles. The molecule has 0 aromatic carbocycles. The Bertz CT molecular complexity index is 456. The normalized spacial score (nSPS) is 26.3. The van der Waals surface area contributed by atoms with Crippen molar-refractivity contribution in [3.63, 3.8) is 0 Å². The quantitative estimate of drug-likeness (QED) is 0.924. The van der Waals surface area contributed by atoms with Crippen LogP contribution in [0.2, 0.25) is 5.02 Å². The van der Waals surface area contributed by atoms with E-state index in [-0.39, 0.29) is 5.41 Å². The van der Waals surface area contributed by atoms with Crippen molar-refractivity contribution in [3.05, 3.63) is 16.9 Å². The summed E-state index contributed by atoms with van der Waals surface area (Å²) in [7, 11) is 4.05. The Morgan fingerprint density at radius 1 is 1.42 bits per heavy atom. The molecule has 1 saturated carbocycles. The molecule has 4 nitrogen and oxygen atoms in total. The van der Waals surface area contributed by atoms with Crippen LogP contribution in [0, 0.1) is 5.41 Å². The van der Waals surface area contributed by atoms with Gasteiger partial charge in [0, 0.05) is 6.54 Å². The summed E-state index contributed by atoms with van der Waals surface area (Å²) in [5, 5.41) is 16.1. The molecule has 108 valence electrons. The lowest BCUT2D eigenvalue weighted by Gasteiger charge is -2.37. The highest BCUT2D eigenvalue weighted by molar-refractivity contribution is 6.31. The first-order valence-corrected chi connectivity index (χ1v) is 7.25. The summed E-state index contributed by atoms with van der Waals surface area (Å²) >= 11 is 6.30. The van der Waals surface area contributed by atoms with Crippen LogP contribution in [0.1, 0.15) is 38.8 Å². The minimum Gasteiger partial charge on any atom is -0.383 e. The number of halogens is 1. The molecule has 1 unspecified atom stereocenters. The third-order valence-electron chi connectivity index (χ3n) is 4.41. The minimum atomic E-state index is -0.868. The van der Waals surface area contributed by atoms with Gasteiger partial charge in [-0.15, -0.1) is 0 Å². The van der Waals surface area contributed by atoms with Crippen LogP contribution < -0.4 is 0 Å². The van der Waals surface area contributed by atoms with Crippen molar-refractivity contribution in [1.82, 2.24) is 14.7 Å². The van der Waals surface area contributed by atoms with Crippen LogP contribution >= 0.6 is 11.6 Å². The van der Waals surface area contributed by atoms with Gasteiger partial charge in [-0.05, 0) is 38.8 Å². The first kappa shape index (κ1) is 14.8. The summed E-state index contributed by atoms with van der Waals surface area (Å²) in [5.74, 6) is 0. The molecule has 1 atom stereocenters. The standard InChI is InChI=1S/C14H24ClN3O/c1-13(2)6-5-7-14(13,19)12-11(15)10-16-18(12)9-8-17(3)4/h10,19H,5-9H2,1-4H3. The minimum absolute atomic E-state index is 0.160. The molecule has 1 aliphatic carbocycles. The smallest absolute Gasteiger partial charge is 0.113 e. The van der Waals surface area contributed by atoms with Crippen LogP contribution in [0.25, 0.3) is 0 Å². The van der Waals surface area contributed by atoms with E-state index in [2.05, 4.69) is 23.8 Å². The first-order chi connectivity index (χ1) is 8.78. The van der Waals surface area contributed by atoms with Crippen molar-refractivity contribution in [3.8, 4) is 0 Å². The summed E-state index contributed by atoms with van der Waals surface area (Å²) in [4.78, 5) is 2.10. The van der Waals surface area contributed by atoms with Gasteiger partial charge < -0.3 is 10.0 Å². The number of likely N-dealkylation sites (N-methyl/N-ethyl adjacent to an activating group) is 1. The zero-order valence-electron chi connectivity index (χ0n) is 12.3. The number of nitrogens with zero attached hydrogens (tertiary/aromatic N) is 3. The fraction of sp³-hybridized carbons (Fsp3) is 0.786. The molecule has 0 aliphatic heterocycles. The maximum atomic E-state index is 11.1. The van der Waals surface area contributed by atoms with Gasteiger partial charge in [-0.3, -0.25) is 4.68 Å². The second-order valence-corrected chi connectivity index (χ2v) is 6.87. The van der Waals surface area contributed by atoms with Crippen LogP contribution in [0.15, 0.2) is 6.20 Å². The van der Waals surface area contributed by atoms with E-state index in [1.807, 2.05) is 18.8 Å². The van der Waals surface area contributed by atoms with Gasteiger partial charge in [0.2, 0.25) is 0 Å². The molecule has 5 heteroatoms. The molecule has 0 spiro atoms. The van der Waals surface area contributed by atoms with E-state index in [4.69, 9.17) is 11.6 Å². The Balaban J connectivity index is 2.36. The Labute approximate surface area is 120 Å².